The number of hydrogen-bond acceptors (Lipinski definition) is 4. The fourth-order valence-electron chi connectivity index (χ4n) is 1.44. The van der Waals surface area contributed by atoms with Crippen molar-refractivity contribution >= 4 is 11.8 Å². The molecule has 5 nitrogen and oxygen atoms in total. The second kappa shape index (κ2) is 4.48. The molecule has 0 fully saturated rings. The highest BCUT2D eigenvalue weighted by atomic mass is 19.1. The molecule has 2 N–H and O–H groups in total. The molecule has 0 spiro atoms. The second-order valence-electron chi connectivity index (χ2n) is 3.81. The van der Waals surface area contributed by atoms with Crippen molar-refractivity contribution in [2.24, 2.45) is 0 Å². The second-order valence-corrected chi connectivity index (χ2v) is 3.81. The molecule has 0 saturated carbocycles. The topological polar surface area (TPSA) is 75.4 Å². The number of phenols is 1. The van der Waals surface area contributed by atoms with Gasteiger partial charge >= 0.3 is 0 Å². The number of amides is 1. The molecule has 1 aromatic carbocycles. The summed E-state index contributed by atoms with van der Waals surface area (Å²) >= 11 is 0. The van der Waals surface area contributed by atoms with E-state index in [-0.39, 0.29) is 5.88 Å². The fourth-order valence-corrected chi connectivity index (χ4v) is 1.44. The first-order valence-corrected chi connectivity index (χ1v) is 5.22. The Hall–Kier alpha value is -2.37. The van der Waals surface area contributed by atoms with Crippen LogP contribution in [0.15, 0.2) is 22.7 Å². The number of carbonyl (C=O) groups excluding carboxylic acids is 1. The Balaban J connectivity index is 2.31. The Kier molecular flexibility index (Phi) is 3.01. The zero-order valence-electron chi connectivity index (χ0n) is 9.82. The van der Waals surface area contributed by atoms with Gasteiger partial charge in [-0.2, -0.15) is 0 Å². The minimum atomic E-state index is -0.804. The number of aromatic hydroxyl groups is 1. The van der Waals surface area contributed by atoms with E-state index in [1.54, 1.807) is 13.8 Å². The van der Waals surface area contributed by atoms with Crippen molar-refractivity contribution in [1.29, 1.82) is 0 Å². The van der Waals surface area contributed by atoms with Gasteiger partial charge in [0.05, 0.1) is 5.69 Å². The third kappa shape index (κ3) is 2.04. The summed E-state index contributed by atoms with van der Waals surface area (Å²) in [7, 11) is 0. The first kappa shape index (κ1) is 12.1. The molecule has 0 aliphatic heterocycles. The minimum Gasteiger partial charge on any atom is -0.507 e. The van der Waals surface area contributed by atoms with Gasteiger partial charge in [0.25, 0.3) is 5.91 Å². The summed E-state index contributed by atoms with van der Waals surface area (Å²) < 4.78 is 18.3. The number of anilines is 1. The highest BCUT2D eigenvalue weighted by Gasteiger charge is 2.19. The van der Waals surface area contributed by atoms with Crippen LogP contribution in [0.25, 0.3) is 0 Å². The van der Waals surface area contributed by atoms with Gasteiger partial charge in [0, 0.05) is 5.56 Å². The molecule has 6 heteroatoms. The molecule has 1 aromatic heterocycles. The Labute approximate surface area is 102 Å². The average Bonchev–Trinajstić information content (AvgIpc) is 2.61. The van der Waals surface area contributed by atoms with E-state index in [2.05, 4.69) is 10.5 Å². The van der Waals surface area contributed by atoms with E-state index in [9.17, 15) is 14.3 Å². The maximum atomic E-state index is 13.4. The van der Waals surface area contributed by atoms with Crippen molar-refractivity contribution in [3.63, 3.8) is 0 Å². The van der Waals surface area contributed by atoms with Crippen LogP contribution in [-0.2, 0) is 0 Å². The summed E-state index contributed by atoms with van der Waals surface area (Å²) in [5, 5.41) is 15.5. The van der Waals surface area contributed by atoms with E-state index < -0.39 is 23.0 Å². The molecule has 0 aliphatic carbocycles. The number of nitrogens with zero attached hydrogens (tertiary/aromatic N) is 1. The lowest BCUT2D eigenvalue weighted by atomic mass is 10.1. The lowest BCUT2D eigenvalue weighted by Crippen LogP contribution is -2.14. The highest BCUT2D eigenvalue weighted by molar-refractivity contribution is 6.05. The number of carbonyl (C=O) groups is 1. The molecular formula is C12H11FN2O3. The maximum absolute atomic E-state index is 13.4. The summed E-state index contributed by atoms with van der Waals surface area (Å²) in [6.45, 7) is 3.43. The van der Waals surface area contributed by atoms with Crippen LogP contribution in [0.5, 0.6) is 5.75 Å². The normalized spacial score (nSPS) is 10.4. The number of rotatable bonds is 2. The molecule has 0 saturated heterocycles. The summed E-state index contributed by atoms with van der Waals surface area (Å²) in [4.78, 5) is 11.8. The van der Waals surface area contributed by atoms with Crippen LogP contribution < -0.4 is 5.32 Å². The van der Waals surface area contributed by atoms with Gasteiger partial charge in [0.2, 0.25) is 5.88 Å². The van der Waals surface area contributed by atoms with Crippen LogP contribution in [0.3, 0.4) is 0 Å². The van der Waals surface area contributed by atoms with E-state index in [4.69, 9.17) is 4.52 Å². The van der Waals surface area contributed by atoms with Crippen molar-refractivity contribution < 1.29 is 18.8 Å². The molecule has 0 radical (unpaired) electrons. The number of aromatic nitrogens is 1. The first-order chi connectivity index (χ1) is 8.50. The van der Waals surface area contributed by atoms with Crippen molar-refractivity contribution in [2.75, 3.05) is 5.32 Å². The zero-order valence-corrected chi connectivity index (χ0v) is 9.82. The zero-order chi connectivity index (χ0) is 13.3. The van der Waals surface area contributed by atoms with Gasteiger partial charge in [0.1, 0.15) is 17.1 Å². The molecule has 0 atom stereocenters. The molecule has 1 heterocycles. The standard InChI is InChI=1S/C12H11FN2O3/c1-6-7(2)15-18-12(6)14-11(17)10-8(13)4-3-5-9(10)16/h3-5,16H,1-2H3,(H,14,17). The molecule has 0 unspecified atom stereocenters. The largest absolute Gasteiger partial charge is 0.507 e. The molecule has 0 aliphatic rings. The van der Waals surface area contributed by atoms with Gasteiger partial charge in [-0.25, -0.2) is 4.39 Å². The first-order valence-electron chi connectivity index (χ1n) is 5.22. The molecule has 0 bridgehead atoms. The summed E-state index contributed by atoms with van der Waals surface area (Å²) in [5.74, 6) is -1.88. The van der Waals surface area contributed by atoms with Crippen LogP contribution in [-0.4, -0.2) is 16.2 Å². The van der Waals surface area contributed by atoms with Crippen LogP contribution in [0.1, 0.15) is 21.6 Å². The molecule has 18 heavy (non-hydrogen) atoms. The van der Waals surface area contributed by atoms with Crippen molar-refractivity contribution in [3.05, 3.63) is 40.8 Å². The molecule has 94 valence electrons. The van der Waals surface area contributed by atoms with E-state index in [0.717, 1.165) is 6.07 Å². The fraction of sp³-hybridized carbons (Fsp3) is 0.167. The van der Waals surface area contributed by atoms with Gasteiger partial charge in [-0.3, -0.25) is 10.1 Å². The predicted octanol–water partition coefficient (Wildman–Crippen LogP) is 2.39. The lowest BCUT2D eigenvalue weighted by Gasteiger charge is -2.05. The van der Waals surface area contributed by atoms with Crippen LogP contribution in [0, 0.1) is 19.7 Å². The van der Waals surface area contributed by atoms with Crippen LogP contribution >= 0.6 is 0 Å². The molecule has 2 aromatic rings. The lowest BCUT2D eigenvalue weighted by molar-refractivity contribution is 0.101. The predicted molar refractivity (Wildman–Crippen MR) is 62.0 cm³/mol. The van der Waals surface area contributed by atoms with E-state index in [1.807, 2.05) is 0 Å². The smallest absolute Gasteiger partial charge is 0.264 e. The Morgan fingerprint density at radius 2 is 2.17 bits per heavy atom. The van der Waals surface area contributed by atoms with Gasteiger partial charge in [-0.15, -0.1) is 0 Å². The SMILES string of the molecule is Cc1noc(NC(=O)c2c(O)cccc2F)c1C. The quantitative estimate of drug-likeness (QED) is 0.858. The number of aryl methyl sites for hydroxylation is 1. The summed E-state index contributed by atoms with van der Waals surface area (Å²) in [6.07, 6.45) is 0. The van der Waals surface area contributed by atoms with E-state index in [1.165, 1.54) is 12.1 Å². The monoisotopic (exact) mass is 250 g/mol. The Morgan fingerprint density at radius 1 is 1.44 bits per heavy atom. The van der Waals surface area contributed by atoms with Gasteiger partial charge in [-0.05, 0) is 26.0 Å². The summed E-state index contributed by atoms with van der Waals surface area (Å²) in [6, 6.07) is 3.63. The molecular weight excluding hydrogens is 239 g/mol. The summed E-state index contributed by atoms with van der Waals surface area (Å²) in [5.41, 5.74) is 0.855. The maximum Gasteiger partial charge on any atom is 0.264 e. The molecule has 2 rings (SSSR count). The van der Waals surface area contributed by atoms with Crippen LogP contribution in [0.2, 0.25) is 0 Å². The highest BCUT2D eigenvalue weighted by Crippen LogP contribution is 2.23. The Bertz CT molecular complexity index is 587. The molecule has 1 amide bonds. The van der Waals surface area contributed by atoms with Crippen molar-refractivity contribution in [1.82, 2.24) is 5.16 Å². The number of nitrogens with one attached hydrogen (secondary N) is 1. The van der Waals surface area contributed by atoms with Crippen molar-refractivity contribution in [2.45, 2.75) is 13.8 Å². The number of halogens is 1. The van der Waals surface area contributed by atoms with Gasteiger partial charge in [-0.1, -0.05) is 11.2 Å². The van der Waals surface area contributed by atoms with Crippen LogP contribution in [0.4, 0.5) is 10.3 Å². The van der Waals surface area contributed by atoms with E-state index in [0.29, 0.717) is 11.3 Å². The third-order valence-corrected chi connectivity index (χ3v) is 2.60. The number of phenolic OH excluding ortho intramolecular Hbond substituents is 1. The van der Waals surface area contributed by atoms with Gasteiger partial charge in [0.15, 0.2) is 0 Å². The van der Waals surface area contributed by atoms with Crippen molar-refractivity contribution in [3.8, 4) is 5.75 Å². The van der Waals surface area contributed by atoms with E-state index >= 15 is 0 Å². The van der Waals surface area contributed by atoms with Gasteiger partial charge < -0.3 is 9.63 Å². The average molecular weight is 250 g/mol. The number of benzene rings is 1. The Morgan fingerprint density at radius 3 is 2.72 bits per heavy atom. The third-order valence-electron chi connectivity index (χ3n) is 2.60. The minimum absolute atomic E-state index is 0.139. The number of hydrogen-bond donors (Lipinski definition) is 2.